The minimum absolute atomic E-state index is 0.434. The molecule has 0 aliphatic rings. The topological polar surface area (TPSA) is 39.9 Å². The van der Waals surface area contributed by atoms with Crippen LogP contribution in [0.3, 0.4) is 0 Å². The van der Waals surface area contributed by atoms with Crippen LogP contribution in [0.5, 0.6) is 5.75 Å². The standard InChI is InChI=1S/C23H19F2N3OS/c1-15-3-8-18(9-4-15)28-22(17-6-10-19(29-2)11-7-17)26-27-23(28)30-14-16-5-12-20(24)21(25)13-16/h3-13H,14H2,1-2H3. The lowest BCUT2D eigenvalue weighted by Crippen LogP contribution is -2.00. The summed E-state index contributed by atoms with van der Waals surface area (Å²) in [5, 5.41) is 9.43. The van der Waals surface area contributed by atoms with Crippen molar-refractivity contribution in [1.29, 1.82) is 0 Å². The molecule has 0 radical (unpaired) electrons. The normalized spacial score (nSPS) is 10.9. The highest BCUT2D eigenvalue weighted by Gasteiger charge is 2.17. The second-order valence-corrected chi connectivity index (χ2v) is 7.69. The van der Waals surface area contributed by atoms with Gasteiger partial charge in [-0.15, -0.1) is 10.2 Å². The van der Waals surface area contributed by atoms with E-state index in [1.165, 1.54) is 17.8 Å². The van der Waals surface area contributed by atoms with Gasteiger partial charge in [-0.1, -0.05) is 35.5 Å². The molecular formula is C23H19F2N3OS. The van der Waals surface area contributed by atoms with Gasteiger partial charge in [-0.3, -0.25) is 4.57 Å². The van der Waals surface area contributed by atoms with Gasteiger partial charge in [0.15, 0.2) is 22.6 Å². The monoisotopic (exact) mass is 423 g/mol. The van der Waals surface area contributed by atoms with Crippen LogP contribution in [0.1, 0.15) is 11.1 Å². The van der Waals surface area contributed by atoms with Crippen LogP contribution in [0.2, 0.25) is 0 Å². The maximum Gasteiger partial charge on any atom is 0.196 e. The third-order valence-corrected chi connectivity index (χ3v) is 5.63. The van der Waals surface area contributed by atoms with Gasteiger partial charge >= 0.3 is 0 Å². The molecule has 0 fully saturated rings. The van der Waals surface area contributed by atoms with E-state index in [2.05, 4.69) is 10.2 Å². The molecule has 0 N–H and O–H groups in total. The van der Waals surface area contributed by atoms with E-state index in [9.17, 15) is 8.78 Å². The van der Waals surface area contributed by atoms with Crippen molar-refractivity contribution in [2.24, 2.45) is 0 Å². The molecule has 3 aromatic carbocycles. The number of rotatable bonds is 6. The van der Waals surface area contributed by atoms with Crippen LogP contribution >= 0.6 is 11.8 Å². The molecule has 1 heterocycles. The van der Waals surface area contributed by atoms with Crippen molar-refractivity contribution in [3.05, 3.63) is 89.5 Å². The molecule has 0 spiro atoms. The second kappa shape index (κ2) is 8.67. The number of methoxy groups -OCH3 is 1. The van der Waals surface area contributed by atoms with Gasteiger partial charge in [0.1, 0.15) is 5.75 Å². The van der Waals surface area contributed by atoms with Crippen LogP contribution in [0.4, 0.5) is 8.78 Å². The molecule has 0 bridgehead atoms. The van der Waals surface area contributed by atoms with Crippen molar-refractivity contribution in [2.45, 2.75) is 17.8 Å². The third-order valence-electron chi connectivity index (χ3n) is 4.63. The second-order valence-electron chi connectivity index (χ2n) is 6.74. The van der Waals surface area contributed by atoms with Crippen LogP contribution in [0, 0.1) is 18.6 Å². The molecule has 1 aromatic heterocycles. The number of aryl methyl sites for hydroxylation is 1. The molecule has 0 saturated carbocycles. The van der Waals surface area contributed by atoms with E-state index in [0.717, 1.165) is 28.6 Å². The molecule has 0 amide bonds. The molecule has 0 unspecified atom stereocenters. The van der Waals surface area contributed by atoms with E-state index in [0.29, 0.717) is 22.3 Å². The van der Waals surface area contributed by atoms with E-state index in [1.807, 2.05) is 60.0 Å². The van der Waals surface area contributed by atoms with Crippen molar-refractivity contribution >= 4 is 11.8 Å². The number of thioether (sulfide) groups is 1. The fourth-order valence-electron chi connectivity index (χ4n) is 2.99. The molecule has 152 valence electrons. The highest BCUT2D eigenvalue weighted by atomic mass is 32.2. The molecule has 0 aliphatic heterocycles. The van der Waals surface area contributed by atoms with Crippen molar-refractivity contribution in [3.63, 3.8) is 0 Å². The molecule has 0 aliphatic carbocycles. The number of benzene rings is 3. The van der Waals surface area contributed by atoms with Crippen molar-refractivity contribution in [1.82, 2.24) is 14.8 Å². The maximum atomic E-state index is 13.5. The number of halogens is 2. The number of nitrogens with zero attached hydrogens (tertiary/aromatic N) is 3. The number of aromatic nitrogens is 3. The number of hydrogen-bond acceptors (Lipinski definition) is 4. The van der Waals surface area contributed by atoms with E-state index in [1.54, 1.807) is 13.2 Å². The minimum atomic E-state index is -0.855. The predicted molar refractivity (Wildman–Crippen MR) is 114 cm³/mol. The van der Waals surface area contributed by atoms with Crippen LogP contribution in [0.15, 0.2) is 71.9 Å². The SMILES string of the molecule is COc1ccc(-c2nnc(SCc3ccc(F)c(F)c3)n2-c2ccc(C)cc2)cc1. The largest absolute Gasteiger partial charge is 0.497 e. The van der Waals surface area contributed by atoms with Gasteiger partial charge in [0, 0.05) is 17.0 Å². The fraction of sp³-hybridized carbons (Fsp3) is 0.130. The summed E-state index contributed by atoms with van der Waals surface area (Å²) in [5.41, 5.74) is 3.63. The molecule has 4 rings (SSSR count). The van der Waals surface area contributed by atoms with Crippen LogP contribution in [-0.4, -0.2) is 21.9 Å². The number of ether oxygens (including phenoxy) is 1. The van der Waals surface area contributed by atoms with E-state index in [-0.39, 0.29) is 0 Å². The third kappa shape index (κ3) is 4.21. The van der Waals surface area contributed by atoms with Crippen molar-refractivity contribution in [3.8, 4) is 22.8 Å². The quantitative estimate of drug-likeness (QED) is 0.366. The Balaban J connectivity index is 1.71. The Labute approximate surface area is 177 Å². The zero-order chi connectivity index (χ0) is 21.1. The Kier molecular flexibility index (Phi) is 5.81. The zero-order valence-electron chi connectivity index (χ0n) is 16.5. The van der Waals surface area contributed by atoms with Crippen molar-refractivity contribution in [2.75, 3.05) is 7.11 Å². The predicted octanol–water partition coefficient (Wildman–Crippen LogP) is 5.82. The van der Waals surface area contributed by atoms with Crippen molar-refractivity contribution < 1.29 is 13.5 Å². The Bertz CT molecular complexity index is 1160. The average Bonchev–Trinajstić information content (AvgIpc) is 3.19. The van der Waals surface area contributed by atoms with E-state index >= 15 is 0 Å². The molecule has 30 heavy (non-hydrogen) atoms. The van der Waals surface area contributed by atoms with Gasteiger partial charge in [0.05, 0.1) is 7.11 Å². The van der Waals surface area contributed by atoms with Crippen LogP contribution in [0.25, 0.3) is 17.1 Å². The molecule has 7 heteroatoms. The molecule has 4 aromatic rings. The first kappa shape index (κ1) is 20.1. The summed E-state index contributed by atoms with van der Waals surface area (Å²) in [4.78, 5) is 0. The van der Waals surface area contributed by atoms with Gasteiger partial charge in [-0.2, -0.15) is 0 Å². The summed E-state index contributed by atoms with van der Waals surface area (Å²) in [6, 6.07) is 19.6. The first-order valence-electron chi connectivity index (χ1n) is 9.29. The van der Waals surface area contributed by atoms with E-state index in [4.69, 9.17) is 4.74 Å². The lowest BCUT2D eigenvalue weighted by Gasteiger charge is -2.11. The molecule has 4 nitrogen and oxygen atoms in total. The van der Waals surface area contributed by atoms with Crippen LogP contribution < -0.4 is 4.74 Å². The maximum absolute atomic E-state index is 13.5. The Hall–Kier alpha value is -3.19. The van der Waals surface area contributed by atoms with Gasteiger partial charge in [-0.05, 0) is 61.0 Å². The summed E-state index contributed by atoms with van der Waals surface area (Å²) in [7, 11) is 1.62. The smallest absolute Gasteiger partial charge is 0.196 e. The summed E-state index contributed by atoms with van der Waals surface area (Å²) >= 11 is 1.41. The average molecular weight is 423 g/mol. The summed E-state index contributed by atoms with van der Waals surface area (Å²) in [6.07, 6.45) is 0. The summed E-state index contributed by atoms with van der Waals surface area (Å²) in [5.74, 6) is 0.173. The first-order valence-corrected chi connectivity index (χ1v) is 10.3. The first-order chi connectivity index (χ1) is 14.5. The van der Waals surface area contributed by atoms with Gasteiger partial charge in [-0.25, -0.2) is 8.78 Å². The number of hydrogen-bond donors (Lipinski definition) is 0. The lowest BCUT2D eigenvalue weighted by atomic mass is 10.2. The van der Waals surface area contributed by atoms with Gasteiger partial charge < -0.3 is 4.74 Å². The fourth-order valence-corrected chi connectivity index (χ4v) is 3.89. The van der Waals surface area contributed by atoms with Gasteiger partial charge in [0.2, 0.25) is 0 Å². The zero-order valence-corrected chi connectivity index (χ0v) is 17.3. The van der Waals surface area contributed by atoms with E-state index < -0.39 is 11.6 Å². The van der Waals surface area contributed by atoms with Gasteiger partial charge in [0.25, 0.3) is 0 Å². The summed E-state index contributed by atoms with van der Waals surface area (Å²) < 4.78 is 34.0. The Morgan fingerprint density at radius 2 is 1.63 bits per heavy atom. The minimum Gasteiger partial charge on any atom is -0.497 e. The molecule has 0 atom stereocenters. The highest BCUT2D eigenvalue weighted by Crippen LogP contribution is 2.31. The lowest BCUT2D eigenvalue weighted by molar-refractivity contribution is 0.415. The molecular weight excluding hydrogens is 404 g/mol. The molecule has 0 saturated heterocycles. The summed E-state index contributed by atoms with van der Waals surface area (Å²) in [6.45, 7) is 2.03. The highest BCUT2D eigenvalue weighted by molar-refractivity contribution is 7.98. The Morgan fingerprint density at radius 3 is 2.30 bits per heavy atom. The van der Waals surface area contributed by atoms with Crippen LogP contribution in [-0.2, 0) is 5.75 Å². The Morgan fingerprint density at radius 1 is 0.900 bits per heavy atom.